The molecule has 0 atom stereocenters. The quantitative estimate of drug-likeness (QED) is 0.140. The first kappa shape index (κ1) is 32.7. The fourth-order valence-electron chi connectivity index (χ4n) is 7.39. The van der Waals surface area contributed by atoms with Gasteiger partial charge in [-0.05, 0) is 78.6 Å². The Hall–Kier alpha value is -5.18. The van der Waals surface area contributed by atoms with Crippen molar-refractivity contribution >= 4 is 46.4 Å². The Balaban J connectivity index is 1.34. The van der Waals surface area contributed by atoms with Crippen LogP contribution in [0.4, 0.5) is 5.69 Å². The second-order valence-corrected chi connectivity index (χ2v) is 12.9. The number of hydrogen-bond acceptors (Lipinski definition) is 4. The lowest BCUT2D eigenvalue weighted by atomic mass is 9.81. The van der Waals surface area contributed by atoms with Crippen LogP contribution in [0.1, 0.15) is 85.2 Å². The Kier molecular flexibility index (Phi) is 9.75. The van der Waals surface area contributed by atoms with Crippen LogP contribution in [0.5, 0.6) is 0 Å². The van der Waals surface area contributed by atoms with Gasteiger partial charge in [-0.2, -0.15) is 0 Å². The van der Waals surface area contributed by atoms with Gasteiger partial charge in [-0.25, -0.2) is 4.79 Å². The van der Waals surface area contributed by atoms with E-state index < -0.39 is 11.5 Å². The van der Waals surface area contributed by atoms with Gasteiger partial charge in [0.05, 0.1) is 11.2 Å². The number of rotatable bonds is 10. The molecule has 2 fully saturated rings. The third kappa shape index (κ3) is 6.90. The first-order chi connectivity index (χ1) is 23.3. The highest BCUT2D eigenvalue weighted by atomic mass is 16.4. The molecule has 3 aromatic carbocycles. The van der Waals surface area contributed by atoms with Crippen molar-refractivity contribution in [2.45, 2.75) is 75.8 Å². The summed E-state index contributed by atoms with van der Waals surface area (Å²) in [6.45, 7) is 0.117. The van der Waals surface area contributed by atoms with Crippen molar-refractivity contribution in [3.63, 3.8) is 0 Å². The Labute approximate surface area is 280 Å². The van der Waals surface area contributed by atoms with E-state index >= 15 is 0 Å². The maximum absolute atomic E-state index is 14.0. The van der Waals surface area contributed by atoms with Gasteiger partial charge in [0.2, 0.25) is 11.8 Å². The molecule has 1 heterocycles. The zero-order valence-electron chi connectivity index (χ0n) is 27.3. The van der Waals surface area contributed by atoms with Crippen LogP contribution >= 0.6 is 0 Å². The molecule has 0 saturated heterocycles. The van der Waals surface area contributed by atoms with Gasteiger partial charge in [0.15, 0.2) is 0 Å². The van der Waals surface area contributed by atoms with E-state index in [2.05, 4.69) is 32.7 Å². The number of benzene rings is 3. The zero-order valence-corrected chi connectivity index (χ0v) is 27.3. The first-order valence-electron chi connectivity index (χ1n) is 16.9. The maximum atomic E-state index is 14.0. The highest BCUT2D eigenvalue weighted by molar-refractivity contribution is 6.06. The average Bonchev–Trinajstić information content (AvgIpc) is 3.71. The molecule has 48 heavy (non-hydrogen) atoms. The van der Waals surface area contributed by atoms with E-state index in [4.69, 9.17) is 5.11 Å². The van der Waals surface area contributed by atoms with Crippen LogP contribution in [0.2, 0.25) is 0 Å². The second kappa shape index (κ2) is 14.3. The molecule has 1 aromatic heterocycles. The Bertz CT molecular complexity index is 1850. The van der Waals surface area contributed by atoms with E-state index in [1.54, 1.807) is 31.3 Å². The monoisotopic (exact) mass is 646 g/mol. The molecule has 0 spiro atoms. The maximum Gasteiger partial charge on any atom is 0.328 e. The third-order valence-electron chi connectivity index (χ3n) is 9.84. The van der Waals surface area contributed by atoms with Crippen LogP contribution in [-0.4, -0.2) is 46.0 Å². The van der Waals surface area contributed by atoms with Crippen molar-refractivity contribution < 1.29 is 24.3 Å². The largest absolute Gasteiger partial charge is 0.478 e. The van der Waals surface area contributed by atoms with Gasteiger partial charge in [-0.15, -0.1) is 0 Å². The van der Waals surface area contributed by atoms with E-state index in [-0.39, 0.29) is 24.3 Å². The average molecular weight is 647 g/mol. The van der Waals surface area contributed by atoms with Gasteiger partial charge in [-0.3, -0.25) is 14.4 Å². The molecule has 9 nitrogen and oxygen atoms in total. The molecule has 2 saturated carbocycles. The lowest BCUT2D eigenvalue weighted by Crippen LogP contribution is -2.55. The number of aromatic nitrogens is 1. The van der Waals surface area contributed by atoms with Gasteiger partial charge in [0, 0.05) is 29.8 Å². The lowest BCUT2D eigenvalue weighted by molar-refractivity contribution is -0.131. The summed E-state index contributed by atoms with van der Waals surface area (Å²) in [5.41, 5.74) is 4.74. The minimum Gasteiger partial charge on any atom is -0.478 e. The number of carbonyl (C=O) groups excluding carboxylic acids is 3. The Morgan fingerprint density at radius 1 is 0.896 bits per heavy atom. The van der Waals surface area contributed by atoms with E-state index in [1.165, 1.54) is 18.1 Å². The van der Waals surface area contributed by atoms with Crippen LogP contribution in [0.3, 0.4) is 0 Å². The zero-order chi connectivity index (χ0) is 33.7. The Morgan fingerprint density at radius 3 is 2.27 bits per heavy atom. The Morgan fingerprint density at radius 2 is 1.60 bits per heavy atom. The number of nitrogens with one attached hydrogen (secondary N) is 3. The van der Waals surface area contributed by atoms with E-state index in [0.717, 1.165) is 66.8 Å². The van der Waals surface area contributed by atoms with Gasteiger partial charge in [-0.1, -0.05) is 80.6 Å². The number of aliphatic carboxylic acids is 1. The van der Waals surface area contributed by atoms with Crippen LogP contribution in [0.25, 0.3) is 28.2 Å². The fraction of sp³-hybridized carbons (Fsp3) is 0.333. The van der Waals surface area contributed by atoms with Crippen LogP contribution in [0.15, 0.2) is 78.9 Å². The number of likely N-dealkylation sites (N-methyl/N-ethyl adjacent to an activating group) is 1. The molecular formula is C39H42N4O5. The molecule has 0 unspecified atom stereocenters. The van der Waals surface area contributed by atoms with Gasteiger partial charge in [0.1, 0.15) is 12.1 Å². The number of amides is 3. The molecular weight excluding hydrogens is 604 g/mol. The molecule has 2 aliphatic rings. The SMILES string of the molecule is CNC(=O)Cn1c(-c2ccccc2)c(C2CCCCC2)c2ccc(C(=O)NC3(C(=O)Nc4ccc(C=CC(=O)O)cc4)CCCC3)cc21. The summed E-state index contributed by atoms with van der Waals surface area (Å²) < 4.78 is 2.05. The summed E-state index contributed by atoms with van der Waals surface area (Å²) in [5.74, 6) is -1.42. The number of carboxylic acids is 1. The topological polar surface area (TPSA) is 130 Å². The summed E-state index contributed by atoms with van der Waals surface area (Å²) in [6, 6.07) is 22.8. The van der Waals surface area contributed by atoms with E-state index in [9.17, 15) is 19.2 Å². The van der Waals surface area contributed by atoms with Gasteiger partial charge < -0.3 is 25.6 Å². The van der Waals surface area contributed by atoms with Crippen molar-refractivity contribution in [1.29, 1.82) is 0 Å². The number of anilines is 1. The van der Waals surface area contributed by atoms with Crippen LogP contribution in [0, 0.1) is 0 Å². The standard InChI is InChI=1S/C39H42N4O5/c1-40-33(44)25-43-32-24-29(17-20-31(32)35(27-10-4-2-5-11-27)36(43)28-12-6-3-7-13-28)37(47)42-39(22-8-9-23-39)38(48)41-30-18-14-26(15-19-30)16-21-34(45)46/h3,6-7,12-21,24,27H,2,4-5,8-11,22-23,25H2,1H3,(H,40,44)(H,41,48)(H,42,47)(H,45,46). The highest BCUT2D eigenvalue weighted by Gasteiger charge is 2.43. The summed E-state index contributed by atoms with van der Waals surface area (Å²) in [4.78, 5) is 51.5. The predicted octanol–water partition coefficient (Wildman–Crippen LogP) is 6.88. The minimum atomic E-state index is -1.07. The van der Waals surface area contributed by atoms with E-state index in [0.29, 0.717) is 35.6 Å². The molecule has 6 rings (SSSR count). The second-order valence-electron chi connectivity index (χ2n) is 12.9. The van der Waals surface area contributed by atoms with Crippen molar-refractivity contribution in [1.82, 2.24) is 15.2 Å². The van der Waals surface area contributed by atoms with Gasteiger partial charge >= 0.3 is 5.97 Å². The molecule has 4 N–H and O–H groups in total. The summed E-state index contributed by atoms with van der Waals surface area (Å²) in [5, 5.41) is 18.8. The normalized spacial score (nSPS) is 16.2. The number of hydrogen-bond donors (Lipinski definition) is 4. The first-order valence-corrected chi connectivity index (χ1v) is 16.9. The van der Waals surface area contributed by atoms with E-state index in [1.807, 2.05) is 36.4 Å². The van der Waals surface area contributed by atoms with Gasteiger partial charge in [0.25, 0.3) is 5.91 Å². The molecule has 4 aromatic rings. The molecule has 9 heteroatoms. The lowest BCUT2D eigenvalue weighted by Gasteiger charge is -2.29. The minimum absolute atomic E-state index is 0.117. The van der Waals surface area contributed by atoms with Crippen LogP contribution in [-0.2, 0) is 20.9 Å². The molecule has 0 bridgehead atoms. The highest BCUT2D eigenvalue weighted by Crippen LogP contribution is 2.44. The summed E-state index contributed by atoms with van der Waals surface area (Å²) in [6.07, 6.45) is 10.9. The summed E-state index contributed by atoms with van der Waals surface area (Å²) in [7, 11) is 1.63. The molecule has 2 aliphatic carbocycles. The molecule has 0 radical (unpaired) electrons. The van der Waals surface area contributed by atoms with Crippen molar-refractivity contribution in [3.05, 3.63) is 95.6 Å². The summed E-state index contributed by atoms with van der Waals surface area (Å²) >= 11 is 0. The van der Waals surface area contributed by atoms with Crippen LogP contribution < -0.4 is 16.0 Å². The van der Waals surface area contributed by atoms with Crippen molar-refractivity contribution in [2.75, 3.05) is 12.4 Å². The number of fused-ring (bicyclic) bond motifs is 1. The smallest absolute Gasteiger partial charge is 0.328 e. The number of carbonyl (C=O) groups is 4. The molecule has 248 valence electrons. The fourth-order valence-corrected chi connectivity index (χ4v) is 7.39. The number of carboxylic acid groups (broad SMARTS) is 1. The third-order valence-corrected chi connectivity index (χ3v) is 9.84. The van der Waals surface area contributed by atoms with Crippen molar-refractivity contribution in [2.24, 2.45) is 0 Å². The predicted molar refractivity (Wildman–Crippen MR) is 188 cm³/mol. The molecule has 3 amide bonds. The molecule has 0 aliphatic heterocycles. The number of nitrogens with zero attached hydrogens (tertiary/aromatic N) is 1. The van der Waals surface area contributed by atoms with Crippen molar-refractivity contribution in [3.8, 4) is 11.3 Å².